The minimum atomic E-state index is -0.236. The van der Waals surface area contributed by atoms with Crippen molar-refractivity contribution in [2.24, 2.45) is 0 Å². The van der Waals surface area contributed by atoms with E-state index in [1.54, 1.807) is 23.9 Å². The van der Waals surface area contributed by atoms with Crippen molar-refractivity contribution in [3.63, 3.8) is 0 Å². The van der Waals surface area contributed by atoms with Crippen molar-refractivity contribution in [3.05, 3.63) is 94.8 Å². The van der Waals surface area contributed by atoms with E-state index in [-0.39, 0.29) is 5.82 Å². The third kappa shape index (κ3) is 3.96. The van der Waals surface area contributed by atoms with Crippen LogP contribution in [0.25, 0.3) is 17.1 Å². The number of hydrogen-bond acceptors (Lipinski definition) is 3. The van der Waals surface area contributed by atoms with Gasteiger partial charge in [0.1, 0.15) is 5.82 Å². The highest BCUT2D eigenvalue weighted by molar-refractivity contribution is 7.98. The van der Waals surface area contributed by atoms with Crippen molar-refractivity contribution < 1.29 is 4.39 Å². The lowest BCUT2D eigenvalue weighted by Crippen LogP contribution is -1.99. The first-order valence-electron chi connectivity index (χ1n) is 8.76. The predicted octanol–water partition coefficient (Wildman–Crippen LogP) is 6.33. The largest absolute Gasteiger partial charge is 0.270 e. The molecule has 4 rings (SSSR count). The SMILES string of the molecule is Cc1ccc(-c2nnc(SCc3ccc(F)cc3)n2-c2ccccc2)cc1Cl. The molecule has 1 aromatic heterocycles. The quantitative estimate of drug-likeness (QED) is 0.361. The average Bonchev–Trinajstić information content (AvgIpc) is 3.14. The fraction of sp³-hybridized carbons (Fsp3) is 0.0909. The van der Waals surface area contributed by atoms with Gasteiger partial charge in [0.15, 0.2) is 11.0 Å². The van der Waals surface area contributed by atoms with E-state index in [9.17, 15) is 4.39 Å². The number of halogens is 2. The number of aryl methyl sites for hydroxylation is 1. The Morgan fingerprint density at radius 3 is 2.43 bits per heavy atom. The normalized spacial score (nSPS) is 11.0. The van der Waals surface area contributed by atoms with E-state index in [0.29, 0.717) is 10.8 Å². The highest BCUT2D eigenvalue weighted by atomic mass is 35.5. The van der Waals surface area contributed by atoms with Crippen molar-refractivity contribution >= 4 is 23.4 Å². The molecule has 0 amide bonds. The topological polar surface area (TPSA) is 30.7 Å². The van der Waals surface area contributed by atoms with Crippen LogP contribution in [0.15, 0.2) is 78.0 Å². The fourth-order valence-corrected chi connectivity index (χ4v) is 3.91. The molecular weight excluding hydrogens is 393 g/mol. The van der Waals surface area contributed by atoms with Crippen LogP contribution < -0.4 is 0 Å². The monoisotopic (exact) mass is 409 g/mol. The Balaban J connectivity index is 1.73. The van der Waals surface area contributed by atoms with Gasteiger partial charge in [-0.15, -0.1) is 10.2 Å². The minimum Gasteiger partial charge on any atom is -0.270 e. The highest BCUT2D eigenvalue weighted by Gasteiger charge is 2.17. The van der Waals surface area contributed by atoms with Crippen LogP contribution in [0.2, 0.25) is 5.02 Å². The van der Waals surface area contributed by atoms with Crippen LogP contribution in [0.5, 0.6) is 0 Å². The van der Waals surface area contributed by atoms with Crippen LogP contribution in [0, 0.1) is 12.7 Å². The summed E-state index contributed by atoms with van der Waals surface area (Å²) >= 11 is 7.89. The summed E-state index contributed by atoms with van der Waals surface area (Å²) in [4.78, 5) is 0. The summed E-state index contributed by atoms with van der Waals surface area (Å²) in [5, 5.41) is 10.3. The van der Waals surface area contributed by atoms with E-state index in [0.717, 1.165) is 33.4 Å². The molecule has 0 radical (unpaired) electrons. The number of aromatic nitrogens is 3. The number of rotatable bonds is 5. The second kappa shape index (κ2) is 8.17. The van der Waals surface area contributed by atoms with Gasteiger partial charge < -0.3 is 0 Å². The molecule has 0 aliphatic heterocycles. The van der Waals surface area contributed by atoms with Gasteiger partial charge >= 0.3 is 0 Å². The zero-order valence-corrected chi connectivity index (χ0v) is 16.7. The molecule has 0 aliphatic carbocycles. The van der Waals surface area contributed by atoms with Crippen molar-refractivity contribution in [3.8, 4) is 17.1 Å². The van der Waals surface area contributed by atoms with Crippen LogP contribution in [-0.4, -0.2) is 14.8 Å². The molecule has 0 fully saturated rings. The third-order valence-electron chi connectivity index (χ3n) is 4.36. The second-order valence-corrected chi connectivity index (χ2v) is 7.71. The molecule has 0 aliphatic rings. The number of thioether (sulfide) groups is 1. The maximum absolute atomic E-state index is 13.1. The summed E-state index contributed by atoms with van der Waals surface area (Å²) in [6.07, 6.45) is 0. The Kier molecular flexibility index (Phi) is 5.46. The molecule has 0 saturated carbocycles. The van der Waals surface area contributed by atoms with Gasteiger partial charge in [-0.05, 0) is 48.4 Å². The van der Waals surface area contributed by atoms with Gasteiger partial charge in [-0.1, -0.05) is 65.8 Å². The fourth-order valence-electron chi connectivity index (χ4n) is 2.82. The highest BCUT2D eigenvalue weighted by Crippen LogP contribution is 2.31. The van der Waals surface area contributed by atoms with E-state index in [1.165, 1.54) is 12.1 Å². The van der Waals surface area contributed by atoms with Crippen LogP contribution in [-0.2, 0) is 5.75 Å². The lowest BCUT2D eigenvalue weighted by atomic mass is 10.1. The molecule has 28 heavy (non-hydrogen) atoms. The second-order valence-electron chi connectivity index (χ2n) is 6.36. The van der Waals surface area contributed by atoms with Crippen LogP contribution in [0.4, 0.5) is 4.39 Å². The number of nitrogens with zero attached hydrogens (tertiary/aromatic N) is 3. The minimum absolute atomic E-state index is 0.236. The van der Waals surface area contributed by atoms with E-state index in [2.05, 4.69) is 10.2 Å². The van der Waals surface area contributed by atoms with Gasteiger partial charge in [-0.2, -0.15) is 0 Å². The van der Waals surface area contributed by atoms with Crippen LogP contribution in [0.3, 0.4) is 0 Å². The molecule has 6 heteroatoms. The van der Waals surface area contributed by atoms with Crippen molar-refractivity contribution in [2.75, 3.05) is 0 Å². The molecule has 140 valence electrons. The lowest BCUT2D eigenvalue weighted by molar-refractivity contribution is 0.627. The summed E-state index contributed by atoms with van der Waals surface area (Å²) in [5.41, 5.74) is 3.91. The molecule has 0 saturated heterocycles. The first-order valence-corrected chi connectivity index (χ1v) is 10.1. The molecule has 0 bridgehead atoms. The van der Waals surface area contributed by atoms with E-state index in [1.807, 2.05) is 60.0 Å². The Morgan fingerprint density at radius 2 is 1.71 bits per heavy atom. The maximum Gasteiger partial charge on any atom is 0.196 e. The Hall–Kier alpha value is -2.63. The summed E-state index contributed by atoms with van der Waals surface area (Å²) in [7, 11) is 0. The molecule has 3 aromatic carbocycles. The zero-order valence-electron chi connectivity index (χ0n) is 15.1. The standard InChI is InChI=1S/C22H17ClFN3S/c1-15-7-10-17(13-20(15)23)21-25-26-22(27(21)19-5-3-2-4-6-19)28-14-16-8-11-18(24)12-9-16/h2-13H,14H2,1H3. The van der Waals surface area contributed by atoms with Crippen molar-refractivity contribution in [1.82, 2.24) is 14.8 Å². The summed E-state index contributed by atoms with van der Waals surface area (Å²) in [6.45, 7) is 1.97. The van der Waals surface area contributed by atoms with Gasteiger partial charge in [-0.25, -0.2) is 4.39 Å². The first kappa shape index (κ1) is 18.7. The Labute approximate surface area is 172 Å². The van der Waals surface area contributed by atoms with Gasteiger partial charge in [0.25, 0.3) is 0 Å². The van der Waals surface area contributed by atoms with E-state index in [4.69, 9.17) is 11.6 Å². The van der Waals surface area contributed by atoms with Gasteiger partial charge in [0.05, 0.1) is 0 Å². The molecule has 0 N–H and O–H groups in total. The average molecular weight is 410 g/mol. The summed E-state index contributed by atoms with van der Waals surface area (Å²) in [6, 6.07) is 22.4. The van der Waals surface area contributed by atoms with Gasteiger partial charge in [0.2, 0.25) is 0 Å². The number of benzene rings is 3. The van der Waals surface area contributed by atoms with Crippen LogP contribution >= 0.6 is 23.4 Å². The zero-order chi connectivity index (χ0) is 19.5. The first-order chi connectivity index (χ1) is 13.6. The third-order valence-corrected chi connectivity index (χ3v) is 5.77. The van der Waals surface area contributed by atoms with Crippen LogP contribution in [0.1, 0.15) is 11.1 Å². The predicted molar refractivity (Wildman–Crippen MR) is 113 cm³/mol. The lowest BCUT2D eigenvalue weighted by Gasteiger charge is -2.11. The maximum atomic E-state index is 13.1. The smallest absolute Gasteiger partial charge is 0.196 e. The van der Waals surface area contributed by atoms with Crippen molar-refractivity contribution in [2.45, 2.75) is 17.8 Å². The molecule has 0 atom stereocenters. The summed E-state index contributed by atoms with van der Waals surface area (Å²) in [5.74, 6) is 1.16. The molecule has 0 unspecified atom stereocenters. The van der Waals surface area contributed by atoms with E-state index >= 15 is 0 Å². The van der Waals surface area contributed by atoms with Crippen molar-refractivity contribution in [1.29, 1.82) is 0 Å². The van der Waals surface area contributed by atoms with Gasteiger partial charge in [-0.3, -0.25) is 4.57 Å². The summed E-state index contributed by atoms with van der Waals surface area (Å²) < 4.78 is 15.2. The Morgan fingerprint density at radius 1 is 0.964 bits per heavy atom. The molecule has 0 spiro atoms. The molecule has 3 nitrogen and oxygen atoms in total. The van der Waals surface area contributed by atoms with Gasteiger partial charge in [0, 0.05) is 22.0 Å². The number of para-hydroxylation sites is 1. The molecule has 4 aromatic rings. The molecular formula is C22H17ClFN3S. The van der Waals surface area contributed by atoms with E-state index < -0.39 is 0 Å². The number of hydrogen-bond donors (Lipinski definition) is 0. The molecule has 1 heterocycles. The Bertz CT molecular complexity index is 1090.